The number of hydrogen-bond donors (Lipinski definition) is 3. The summed E-state index contributed by atoms with van der Waals surface area (Å²) in [6.07, 6.45) is 14.5. The van der Waals surface area contributed by atoms with Crippen molar-refractivity contribution in [1.29, 1.82) is 0 Å². The highest BCUT2D eigenvalue weighted by Crippen LogP contribution is 2.32. The molecule has 0 saturated carbocycles. The van der Waals surface area contributed by atoms with Crippen LogP contribution in [0.1, 0.15) is 114 Å². The number of imidazole rings is 2. The number of likely N-dealkylation sites (tertiary alicyclic amines) is 1. The van der Waals surface area contributed by atoms with E-state index in [2.05, 4.69) is 63.9 Å². The van der Waals surface area contributed by atoms with Crippen molar-refractivity contribution in [2.45, 2.75) is 83.6 Å². The van der Waals surface area contributed by atoms with Crippen LogP contribution in [-0.4, -0.2) is 123 Å². The molecule has 0 radical (unpaired) electrons. The van der Waals surface area contributed by atoms with E-state index in [4.69, 9.17) is 19.7 Å². The van der Waals surface area contributed by atoms with Crippen LogP contribution in [0.25, 0.3) is 11.0 Å². The fourth-order valence-electron chi connectivity index (χ4n) is 8.62. The van der Waals surface area contributed by atoms with Gasteiger partial charge in [0.25, 0.3) is 11.1 Å². The first kappa shape index (κ1) is 42.1. The highest BCUT2D eigenvalue weighted by atomic mass is 16.5. The summed E-state index contributed by atoms with van der Waals surface area (Å²) in [7, 11) is 0. The van der Waals surface area contributed by atoms with Gasteiger partial charge >= 0.3 is 0 Å². The van der Waals surface area contributed by atoms with Crippen LogP contribution in [0.2, 0.25) is 0 Å². The van der Waals surface area contributed by atoms with Crippen LogP contribution in [0.5, 0.6) is 0 Å². The molecular weight excluding hydrogens is 781 g/mol. The number of hydrogen-bond acceptors (Lipinski definition) is 15. The van der Waals surface area contributed by atoms with E-state index in [1.807, 2.05) is 19.3 Å². The van der Waals surface area contributed by atoms with Gasteiger partial charge in [0.2, 0.25) is 0 Å². The second-order valence-electron chi connectivity index (χ2n) is 16.6. The summed E-state index contributed by atoms with van der Waals surface area (Å²) >= 11 is 0. The van der Waals surface area contributed by atoms with Crippen molar-refractivity contribution in [3.05, 3.63) is 104 Å². The number of rotatable bonds is 7. The van der Waals surface area contributed by atoms with E-state index in [1.54, 1.807) is 28.3 Å². The molecule has 3 N–H and O–H groups in total. The van der Waals surface area contributed by atoms with Crippen molar-refractivity contribution in [3.63, 3.8) is 0 Å². The smallest absolute Gasteiger partial charge is 0.276 e. The molecule has 4 unspecified atom stereocenters. The van der Waals surface area contributed by atoms with E-state index in [-0.39, 0.29) is 28.9 Å². The van der Waals surface area contributed by atoms with E-state index in [0.29, 0.717) is 40.2 Å². The Hall–Kier alpha value is -5.63. The van der Waals surface area contributed by atoms with Crippen LogP contribution < -0.4 is 16.4 Å². The van der Waals surface area contributed by atoms with Gasteiger partial charge in [-0.05, 0) is 57.9 Å². The standard InChI is InChI=1S/C21H27N7O2.C15H21N5O2.C6H6N2O/c1-13-10-27(11-15-7-22-14(2)23-8-15)12-17(13)19-25-21(29)18-9-24-20(28(18)26-19)16-3-5-30-6-4-16;1-9-6-16-7-11(9)13-18-15(21)12-8-17-14(20(12)19-13)10-2-4-22-5-3-10;1-5-7-2-6(4-9)3-8-5/h7-9,13,16-17H,3-6,10-12H2,1-2H3,(H,25,26,29);8-11,16H,2-7H2,1H3,(H,18,19,21);2-4H,1H3. The summed E-state index contributed by atoms with van der Waals surface area (Å²) < 4.78 is 14.4. The third kappa shape index (κ3) is 9.64. The molecule has 0 aliphatic carbocycles. The average Bonchev–Trinajstić information content (AvgIpc) is 4.09. The summed E-state index contributed by atoms with van der Waals surface area (Å²) in [5.74, 6) is 6.60. The quantitative estimate of drug-likeness (QED) is 0.197. The van der Waals surface area contributed by atoms with E-state index >= 15 is 0 Å². The molecule has 4 fully saturated rings. The Morgan fingerprint density at radius 3 is 1.66 bits per heavy atom. The Bertz CT molecular complexity index is 2520. The zero-order chi connectivity index (χ0) is 42.5. The number of carbonyl (C=O) groups excluding carboxylic acids is 1. The van der Waals surface area contributed by atoms with Gasteiger partial charge in [-0.3, -0.25) is 19.3 Å². The summed E-state index contributed by atoms with van der Waals surface area (Å²) in [6.45, 7) is 15.4. The maximum absolute atomic E-state index is 12.8. The molecule has 10 rings (SSSR count). The highest BCUT2D eigenvalue weighted by molar-refractivity contribution is 5.73. The van der Waals surface area contributed by atoms with Gasteiger partial charge in [0, 0.05) is 107 Å². The van der Waals surface area contributed by atoms with Gasteiger partial charge in [-0.2, -0.15) is 10.2 Å². The first-order valence-electron chi connectivity index (χ1n) is 21.2. The van der Waals surface area contributed by atoms with Crippen LogP contribution in [0.4, 0.5) is 0 Å². The zero-order valence-corrected chi connectivity index (χ0v) is 35.2. The maximum atomic E-state index is 12.8. The van der Waals surface area contributed by atoms with Crippen molar-refractivity contribution in [2.75, 3.05) is 52.6 Å². The minimum Gasteiger partial charge on any atom is -0.381 e. The fourth-order valence-corrected chi connectivity index (χ4v) is 8.62. The number of nitrogens with one attached hydrogen (secondary N) is 3. The molecular formula is C42H54N14O5. The number of fused-ring (bicyclic) bond motifs is 2. The molecule has 6 aromatic heterocycles. The molecule has 0 aromatic carbocycles. The zero-order valence-electron chi connectivity index (χ0n) is 35.2. The van der Waals surface area contributed by atoms with Crippen LogP contribution in [0.3, 0.4) is 0 Å². The predicted octanol–water partition coefficient (Wildman–Crippen LogP) is 2.88. The Labute approximate surface area is 352 Å². The fraction of sp³-hybridized carbons (Fsp3) is 0.548. The molecule has 4 saturated heterocycles. The molecule has 19 heteroatoms. The van der Waals surface area contributed by atoms with Crippen molar-refractivity contribution in [3.8, 4) is 0 Å². The van der Waals surface area contributed by atoms with Gasteiger partial charge in [0.1, 0.15) is 34.9 Å². The van der Waals surface area contributed by atoms with Crippen molar-refractivity contribution >= 4 is 17.3 Å². The minimum absolute atomic E-state index is 0.102. The SMILES string of the molecule is CC1CNCC1c1nn2c(C3CCOCC3)ncc2c(=O)[nH]1.Cc1ncc(C=O)cn1.Cc1ncc(CN2CC(C)C(c3nn4c(C5CCOCC5)ncc4c(=O)[nH]3)C2)cn1. The first-order valence-corrected chi connectivity index (χ1v) is 21.2. The molecule has 61 heavy (non-hydrogen) atoms. The Morgan fingerprint density at radius 1 is 0.656 bits per heavy atom. The lowest BCUT2D eigenvalue weighted by Crippen LogP contribution is -2.24. The molecule has 0 bridgehead atoms. The molecule has 322 valence electrons. The van der Waals surface area contributed by atoms with Gasteiger partial charge in [-0.1, -0.05) is 13.8 Å². The predicted molar refractivity (Wildman–Crippen MR) is 224 cm³/mol. The second-order valence-corrected chi connectivity index (χ2v) is 16.6. The van der Waals surface area contributed by atoms with Crippen LogP contribution >= 0.6 is 0 Å². The summed E-state index contributed by atoms with van der Waals surface area (Å²) in [5, 5.41) is 12.9. The van der Waals surface area contributed by atoms with Crippen molar-refractivity contribution < 1.29 is 14.3 Å². The second kappa shape index (κ2) is 19.0. The number of nitrogens with zero attached hydrogens (tertiary/aromatic N) is 11. The van der Waals surface area contributed by atoms with Gasteiger partial charge in [0.15, 0.2) is 17.3 Å². The average molecular weight is 835 g/mol. The Kier molecular flexibility index (Phi) is 13.1. The van der Waals surface area contributed by atoms with Gasteiger partial charge in [0.05, 0.1) is 18.0 Å². The third-order valence-corrected chi connectivity index (χ3v) is 12.2. The van der Waals surface area contributed by atoms with Crippen LogP contribution in [0, 0.1) is 25.7 Å². The summed E-state index contributed by atoms with van der Waals surface area (Å²) in [6, 6.07) is 0. The number of aldehydes is 1. The minimum atomic E-state index is -0.122. The van der Waals surface area contributed by atoms with Gasteiger partial charge in [-0.25, -0.2) is 38.9 Å². The number of aromatic nitrogens is 12. The molecule has 0 spiro atoms. The number of H-pyrrole nitrogens is 2. The summed E-state index contributed by atoms with van der Waals surface area (Å²) in [5.41, 5.74) is 2.43. The number of ether oxygens (including phenoxy) is 2. The lowest BCUT2D eigenvalue weighted by molar-refractivity contribution is 0.0831. The van der Waals surface area contributed by atoms with Crippen molar-refractivity contribution in [1.82, 2.24) is 69.3 Å². The van der Waals surface area contributed by atoms with Crippen LogP contribution in [-0.2, 0) is 16.0 Å². The molecule has 19 nitrogen and oxygen atoms in total. The molecule has 0 amide bonds. The van der Waals surface area contributed by atoms with E-state index < -0.39 is 0 Å². The van der Waals surface area contributed by atoms with E-state index in [1.165, 1.54) is 12.4 Å². The lowest BCUT2D eigenvalue weighted by Gasteiger charge is -2.21. The number of aromatic amines is 2. The van der Waals surface area contributed by atoms with Crippen LogP contribution in [0.15, 0.2) is 46.8 Å². The molecule has 6 aromatic rings. The third-order valence-electron chi connectivity index (χ3n) is 12.2. The highest BCUT2D eigenvalue weighted by Gasteiger charge is 2.34. The molecule has 4 aliphatic heterocycles. The number of aryl methyl sites for hydroxylation is 2. The van der Waals surface area contributed by atoms with Crippen molar-refractivity contribution in [2.24, 2.45) is 11.8 Å². The molecule has 10 heterocycles. The largest absolute Gasteiger partial charge is 0.381 e. The Morgan fingerprint density at radius 2 is 1.16 bits per heavy atom. The summed E-state index contributed by atoms with van der Waals surface area (Å²) in [4.78, 5) is 68.7. The van der Waals surface area contributed by atoms with E-state index in [0.717, 1.165) is 126 Å². The Balaban J connectivity index is 0.000000144. The number of carbonyl (C=O) groups is 1. The lowest BCUT2D eigenvalue weighted by atomic mass is 9.97. The first-order chi connectivity index (χ1) is 29.6. The normalized spacial score (nSPS) is 22.5. The molecule has 4 aliphatic rings. The van der Waals surface area contributed by atoms with Gasteiger partial charge in [-0.15, -0.1) is 0 Å². The topological polar surface area (TPSA) is 228 Å². The monoisotopic (exact) mass is 834 g/mol. The van der Waals surface area contributed by atoms with Gasteiger partial charge < -0.3 is 24.8 Å². The van der Waals surface area contributed by atoms with E-state index in [9.17, 15) is 14.4 Å². The molecule has 4 atom stereocenters. The maximum Gasteiger partial charge on any atom is 0.276 e.